The number of fused-ring (bicyclic) bond motifs is 2. The highest BCUT2D eigenvalue weighted by molar-refractivity contribution is 6.31. The molecule has 1 atom stereocenters. The van der Waals surface area contributed by atoms with Crippen molar-refractivity contribution in [1.82, 2.24) is 4.90 Å². The van der Waals surface area contributed by atoms with Gasteiger partial charge in [-0.2, -0.15) is 0 Å². The average molecular weight is 456 g/mol. The monoisotopic (exact) mass is 455 g/mol. The molecule has 1 aromatic heterocycles. The van der Waals surface area contributed by atoms with Crippen molar-refractivity contribution in [3.63, 3.8) is 0 Å². The van der Waals surface area contributed by atoms with Crippen LogP contribution >= 0.6 is 11.6 Å². The normalized spacial score (nSPS) is 15.3. The van der Waals surface area contributed by atoms with Crippen molar-refractivity contribution in [2.75, 3.05) is 20.8 Å². The molecule has 2 aromatic carbocycles. The lowest BCUT2D eigenvalue weighted by molar-refractivity contribution is 0.0771. The minimum atomic E-state index is -0.593. The highest BCUT2D eigenvalue weighted by Crippen LogP contribution is 2.40. The van der Waals surface area contributed by atoms with E-state index in [-0.39, 0.29) is 17.1 Å². The molecule has 0 radical (unpaired) electrons. The number of hydrogen-bond donors (Lipinski definition) is 0. The van der Waals surface area contributed by atoms with E-state index >= 15 is 0 Å². The van der Waals surface area contributed by atoms with Crippen LogP contribution in [-0.2, 0) is 0 Å². The second-order valence-electron chi connectivity index (χ2n) is 7.95. The van der Waals surface area contributed by atoms with Crippen molar-refractivity contribution in [2.24, 2.45) is 0 Å². The fraction of sp³-hybridized carbons (Fsp3) is 0.360. The lowest BCUT2D eigenvalue weighted by atomic mass is 9.98. The molecular weight excluding hydrogens is 430 g/mol. The summed E-state index contributed by atoms with van der Waals surface area (Å²) >= 11 is 6.09. The number of halogens is 1. The van der Waals surface area contributed by atoms with Gasteiger partial charge in [0, 0.05) is 12.1 Å². The van der Waals surface area contributed by atoms with Crippen LogP contribution in [0.2, 0.25) is 5.02 Å². The standard InChI is InChI=1S/C25H26ClNO5/c1-4-5-6-7-12-31-19-10-8-15(13-20(19)30-3)22-21-23(28)17-14-16(26)9-11-18(17)32-24(21)25(29)27(22)2/h8-11,13-14,22H,4-7,12H2,1-3H3. The van der Waals surface area contributed by atoms with Crippen LogP contribution in [-0.4, -0.2) is 31.6 Å². The van der Waals surface area contributed by atoms with Crippen molar-refractivity contribution in [3.05, 3.63) is 68.5 Å². The van der Waals surface area contributed by atoms with Crippen molar-refractivity contribution in [2.45, 2.75) is 38.6 Å². The summed E-state index contributed by atoms with van der Waals surface area (Å²) in [5.74, 6) is 0.916. The zero-order valence-corrected chi connectivity index (χ0v) is 19.2. The number of rotatable bonds is 8. The number of amides is 1. The number of carbonyl (C=O) groups excluding carboxylic acids is 1. The fourth-order valence-electron chi connectivity index (χ4n) is 4.13. The number of benzene rings is 2. The van der Waals surface area contributed by atoms with Crippen LogP contribution in [0.1, 0.15) is 60.3 Å². The molecule has 168 valence electrons. The maximum atomic E-state index is 13.3. The lowest BCUT2D eigenvalue weighted by Gasteiger charge is -2.21. The van der Waals surface area contributed by atoms with Gasteiger partial charge in [0.2, 0.25) is 5.76 Å². The predicted molar refractivity (Wildman–Crippen MR) is 124 cm³/mol. The smallest absolute Gasteiger partial charge is 0.290 e. The van der Waals surface area contributed by atoms with Crippen LogP contribution in [0.15, 0.2) is 45.6 Å². The first-order chi connectivity index (χ1) is 15.5. The second-order valence-corrected chi connectivity index (χ2v) is 8.39. The molecule has 0 saturated carbocycles. The Kier molecular flexibility index (Phi) is 6.42. The van der Waals surface area contributed by atoms with Gasteiger partial charge in [0.1, 0.15) is 5.58 Å². The van der Waals surface area contributed by atoms with E-state index in [0.717, 1.165) is 18.4 Å². The zero-order chi connectivity index (χ0) is 22.8. The third-order valence-electron chi connectivity index (χ3n) is 5.82. The van der Waals surface area contributed by atoms with E-state index in [0.29, 0.717) is 39.7 Å². The molecule has 2 heterocycles. The van der Waals surface area contributed by atoms with E-state index < -0.39 is 6.04 Å². The molecule has 3 aromatic rings. The van der Waals surface area contributed by atoms with Crippen molar-refractivity contribution in [1.29, 1.82) is 0 Å². The van der Waals surface area contributed by atoms with Gasteiger partial charge in [-0.3, -0.25) is 9.59 Å². The quantitative estimate of drug-likeness (QED) is 0.414. The summed E-state index contributed by atoms with van der Waals surface area (Å²) in [5.41, 5.74) is 1.12. The van der Waals surface area contributed by atoms with Crippen LogP contribution in [0, 0.1) is 0 Å². The summed E-state index contributed by atoms with van der Waals surface area (Å²) in [6.07, 6.45) is 4.45. The van der Waals surface area contributed by atoms with Crippen LogP contribution < -0.4 is 14.9 Å². The molecule has 6 nitrogen and oxygen atoms in total. The van der Waals surface area contributed by atoms with Gasteiger partial charge >= 0.3 is 0 Å². The molecule has 0 aliphatic carbocycles. The minimum Gasteiger partial charge on any atom is -0.493 e. The Hall–Kier alpha value is -2.99. The Morgan fingerprint density at radius 2 is 1.88 bits per heavy atom. The molecule has 0 saturated heterocycles. The summed E-state index contributed by atoms with van der Waals surface area (Å²) in [6, 6.07) is 9.70. The van der Waals surface area contributed by atoms with Gasteiger partial charge in [0.15, 0.2) is 16.9 Å². The molecule has 32 heavy (non-hydrogen) atoms. The number of methoxy groups -OCH3 is 1. The molecule has 1 aliphatic rings. The summed E-state index contributed by atoms with van der Waals surface area (Å²) < 4.78 is 17.3. The Morgan fingerprint density at radius 1 is 1.06 bits per heavy atom. The predicted octanol–water partition coefficient (Wildman–Crippen LogP) is 5.59. The number of nitrogens with zero attached hydrogens (tertiary/aromatic N) is 1. The van der Waals surface area contributed by atoms with Gasteiger partial charge in [0.05, 0.1) is 30.7 Å². The van der Waals surface area contributed by atoms with Crippen molar-refractivity contribution < 1.29 is 18.7 Å². The first-order valence-corrected chi connectivity index (χ1v) is 11.2. The second kappa shape index (κ2) is 9.25. The van der Waals surface area contributed by atoms with Gasteiger partial charge in [-0.05, 0) is 42.3 Å². The maximum absolute atomic E-state index is 13.3. The van der Waals surface area contributed by atoms with Gasteiger partial charge in [-0.15, -0.1) is 0 Å². The summed E-state index contributed by atoms with van der Waals surface area (Å²) in [4.78, 5) is 27.8. The molecule has 7 heteroatoms. The van der Waals surface area contributed by atoms with E-state index in [2.05, 4.69) is 6.92 Å². The molecule has 0 spiro atoms. The lowest BCUT2D eigenvalue weighted by Crippen LogP contribution is -2.25. The highest BCUT2D eigenvalue weighted by atomic mass is 35.5. The van der Waals surface area contributed by atoms with E-state index in [1.54, 1.807) is 32.4 Å². The van der Waals surface area contributed by atoms with Crippen LogP contribution in [0.4, 0.5) is 0 Å². The highest BCUT2D eigenvalue weighted by Gasteiger charge is 2.41. The van der Waals surface area contributed by atoms with Crippen molar-refractivity contribution in [3.8, 4) is 11.5 Å². The number of ether oxygens (including phenoxy) is 2. The number of hydrogen-bond acceptors (Lipinski definition) is 5. The topological polar surface area (TPSA) is 69.0 Å². The summed E-state index contributed by atoms with van der Waals surface area (Å²) in [5, 5.41) is 0.782. The van der Waals surface area contributed by atoms with Crippen LogP contribution in [0.25, 0.3) is 11.0 Å². The molecule has 1 amide bonds. The first-order valence-electron chi connectivity index (χ1n) is 10.8. The minimum absolute atomic E-state index is 0.0625. The molecule has 0 N–H and O–H groups in total. The van der Waals surface area contributed by atoms with Crippen LogP contribution in [0.5, 0.6) is 11.5 Å². The number of unbranched alkanes of at least 4 members (excludes halogenated alkanes) is 3. The Labute approximate surface area is 191 Å². The Bertz CT molecular complexity index is 1220. The van der Waals surface area contributed by atoms with Crippen molar-refractivity contribution >= 4 is 28.5 Å². The third-order valence-corrected chi connectivity index (χ3v) is 6.06. The largest absolute Gasteiger partial charge is 0.493 e. The summed E-state index contributed by atoms with van der Waals surface area (Å²) in [6.45, 7) is 2.78. The maximum Gasteiger partial charge on any atom is 0.290 e. The van der Waals surface area contributed by atoms with Gasteiger partial charge in [-0.25, -0.2) is 0 Å². The van der Waals surface area contributed by atoms with E-state index in [4.69, 9.17) is 25.5 Å². The molecule has 1 unspecified atom stereocenters. The first kappa shape index (κ1) is 22.2. The zero-order valence-electron chi connectivity index (χ0n) is 18.4. The summed E-state index contributed by atoms with van der Waals surface area (Å²) in [7, 11) is 3.23. The molecule has 1 aliphatic heterocycles. The van der Waals surface area contributed by atoms with Gasteiger partial charge < -0.3 is 18.8 Å². The molecule has 4 rings (SSSR count). The van der Waals surface area contributed by atoms with Gasteiger partial charge in [-0.1, -0.05) is 43.9 Å². The fourth-order valence-corrected chi connectivity index (χ4v) is 4.31. The average Bonchev–Trinajstić information content (AvgIpc) is 3.05. The Balaban J connectivity index is 1.72. The SMILES string of the molecule is CCCCCCOc1ccc(C2c3c(oc4ccc(Cl)cc4c3=O)C(=O)N2C)cc1OC. The Morgan fingerprint density at radius 3 is 2.62 bits per heavy atom. The van der Waals surface area contributed by atoms with E-state index in [1.165, 1.54) is 17.7 Å². The third kappa shape index (κ3) is 3.95. The van der Waals surface area contributed by atoms with Gasteiger partial charge in [0.25, 0.3) is 5.91 Å². The number of carbonyl (C=O) groups is 1. The van der Waals surface area contributed by atoms with E-state index in [9.17, 15) is 9.59 Å². The molecule has 0 bridgehead atoms. The van der Waals surface area contributed by atoms with E-state index in [1.807, 2.05) is 18.2 Å². The molecular formula is C25H26ClNO5. The molecule has 0 fully saturated rings. The van der Waals surface area contributed by atoms with Crippen LogP contribution in [0.3, 0.4) is 0 Å².